The van der Waals surface area contributed by atoms with Gasteiger partial charge in [-0.3, -0.25) is 4.68 Å². The van der Waals surface area contributed by atoms with Gasteiger partial charge in [0, 0.05) is 38.8 Å². The quantitative estimate of drug-likeness (QED) is 0.790. The van der Waals surface area contributed by atoms with E-state index in [1.54, 1.807) is 13.1 Å². The summed E-state index contributed by atoms with van der Waals surface area (Å²) in [6, 6.07) is 3.06. The summed E-state index contributed by atoms with van der Waals surface area (Å²) in [4.78, 5) is 0.667. The highest BCUT2D eigenvalue weighted by atomic mass is 32.2. The van der Waals surface area contributed by atoms with Crippen LogP contribution in [0, 0.1) is 0 Å². The fourth-order valence-electron chi connectivity index (χ4n) is 1.56. The molecule has 0 unspecified atom stereocenters. The Hall–Kier alpha value is -1.27. The summed E-state index contributed by atoms with van der Waals surface area (Å²) in [5.74, 6) is 0. The van der Waals surface area contributed by atoms with Gasteiger partial charge >= 0.3 is 0 Å². The minimum atomic E-state index is -3.67. The van der Waals surface area contributed by atoms with Gasteiger partial charge in [0.2, 0.25) is 10.0 Å². The maximum Gasteiger partial charge on any atom is 0.252 e. The average molecular weight is 364 g/mol. The van der Waals surface area contributed by atoms with Crippen molar-refractivity contribution in [2.24, 2.45) is 7.05 Å². The number of aromatic nitrogens is 2. The predicted molar refractivity (Wildman–Crippen MR) is 82.4 cm³/mol. The molecule has 0 spiro atoms. The molecule has 0 aliphatic heterocycles. The monoisotopic (exact) mass is 364 g/mol. The molecule has 11 heteroatoms. The van der Waals surface area contributed by atoms with Crippen LogP contribution in [-0.4, -0.2) is 45.0 Å². The smallest absolute Gasteiger partial charge is 0.252 e. The number of nitrogens with zero attached hydrogens (tertiary/aromatic N) is 3. The SMILES string of the molecule is CN(C)S(=O)(=O)c1ccc(CNS(=O)(=O)c2cnn(C)c2)s1. The highest BCUT2D eigenvalue weighted by Gasteiger charge is 2.21. The Morgan fingerprint density at radius 3 is 2.50 bits per heavy atom. The van der Waals surface area contributed by atoms with E-state index in [0.717, 1.165) is 15.6 Å². The maximum absolute atomic E-state index is 12.0. The molecule has 2 aromatic heterocycles. The fourth-order valence-corrected chi connectivity index (χ4v) is 5.10. The van der Waals surface area contributed by atoms with Crippen LogP contribution < -0.4 is 4.72 Å². The molecule has 0 saturated carbocycles. The zero-order valence-corrected chi connectivity index (χ0v) is 14.7. The Morgan fingerprint density at radius 2 is 1.95 bits per heavy atom. The summed E-state index contributed by atoms with van der Waals surface area (Å²) in [6.45, 7) is 0.0187. The van der Waals surface area contributed by atoms with E-state index in [4.69, 9.17) is 0 Å². The van der Waals surface area contributed by atoms with Crippen molar-refractivity contribution in [2.75, 3.05) is 14.1 Å². The van der Waals surface area contributed by atoms with Crippen LogP contribution in [-0.2, 0) is 33.6 Å². The largest absolute Gasteiger partial charge is 0.274 e. The van der Waals surface area contributed by atoms with E-state index >= 15 is 0 Å². The Balaban J connectivity index is 2.12. The Labute approximate surface area is 133 Å². The summed E-state index contributed by atoms with van der Waals surface area (Å²) in [5, 5.41) is 3.81. The molecule has 0 aliphatic carbocycles. The summed E-state index contributed by atoms with van der Waals surface area (Å²) < 4.78 is 53.1. The summed E-state index contributed by atoms with van der Waals surface area (Å²) in [6.07, 6.45) is 2.64. The standard InChI is InChI=1S/C11H16N4O4S3/c1-14(2)22(18,19)11-5-4-9(20-11)6-13-21(16,17)10-7-12-15(3)8-10/h4-5,7-8,13H,6H2,1-3H3. The van der Waals surface area contributed by atoms with Crippen molar-refractivity contribution >= 4 is 31.4 Å². The number of hydrogen-bond acceptors (Lipinski definition) is 6. The molecule has 0 amide bonds. The molecule has 0 saturated heterocycles. The van der Waals surface area contributed by atoms with E-state index in [0.29, 0.717) is 4.88 Å². The Bertz CT molecular complexity index is 865. The van der Waals surface area contributed by atoms with E-state index in [1.807, 2.05) is 0 Å². The van der Waals surface area contributed by atoms with Crippen LogP contribution >= 0.6 is 11.3 Å². The lowest BCUT2D eigenvalue weighted by Gasteiger charge is -2.08. The normalized spacial score (nSPS) is 12.9. The first kappa shape index (κ1) is 17.1. The van der Waals surface area contributed by atoms with Gasteiger partial charge in [-0.25, -0.2) is 25.9 Å². The second-order valence-electron chi connectivity index (χ2n) is 4.68. The lowest BCUT2D eigenvalue weighted by molar-refractivity contribution is 0.523. The van der Waals surface area contributed by atoms with E-state index < -0.39 is 20.0 Å². The minimum absolute atomic E-state index is 0.0187. The van der Waals surface area contributed by atoms with Crippen LogP contribution in [0.4, 0.5) is 0 Å². The third kappa shape index (κ3) is 3.55. The number of aryl methyl sites for hydroxylation is 1. The number of sulfonamides is 2. The fraction of sp³-hybridized carbons (Fsp3) is 0.364. The van der Waals surface area contributed by atoms with Crippen molar-refractivity contribution in [1.29, 1.82) is 0 Å². The second-order valence-corrected chi connectivity index (χ2v) is 10.00. The van der Waals surface area contributed by atoms with Gasteiger partial charge in [0.1, 0.15) is 9.10 Å². The van der Waals surface area contributed by atoms with Gasteiger partial charge in [-0.05, 0) is 12.1 Å². The minimum Gasteiger partial charge on any atom is -0.274 e. The van der Waals surface area contributed by atoms with Gasteiger partial charge in [0.15, 0.2) is 0 Å². The first-order valence-corrected chi connectivity index (χ1v) is 9.86. The predicted octanol–water partition coefficient (Wildman–Crippen LogP) is 0.210. The van der Waals surface area contributed by atoms with Crippen molar-refractivity contribution in [3.8, 4) is 0 Å². The molecule has 0 aliphatic rings. The number of thiophene rings is 1. The van der Waals surface area contributed by atoms with Crippen molar-refractivity contribution in [3.63, 3.8) is 0 Å². The van der Waals surface area contributed by atoms with Gasteiger partial charge in [-0.2, -0.15) is 5.10 Å². The molecule has 0 radical (unpaired) electrons. The Kier molecular flexibility index (Phi) is 4.73. The lowest BCUT2D eigenvalue weighted by Crippen LogP contribution is -2.22. The summed E-state index contributed by atoms with van der Waals surface area (Å²) in [7, 11) is -2.65. The highest BCUT2D eigenvalue weighted by molar-refractivity contribution is 7.91. The molecule has 22 heavy (non-hydrogen) atoms. The molecule has 8 nitrogen and oxygen atoms in total. The van der Waals surface area contributed by atoms with E-state index in [-0.39, 0.29) is 15.6 Å². The van der Waals surface area contributed by atoms with Crippen molar-refractivity contribution in [1.82, 2.24) is 18.8 Å². The second kappa shape index (κ2) is 6.08. The third-order valence-electron chi connectivity index (χ3n) is 2.80. The van der Waals surface area contributed by atoms with Crippen LogP contribution in [0.15, 0.2) is 33.6 Å². The number of nitrogens with one attached hydrogen (secondary N) is 1. The van der Waals surface area contributed by atoms with Gasteiger partial charge in [-0.15, -0.1) is 11.3 Å². The van der Waals surface area contributed by atoms with Crippen LogP contribution in [0.25, 0.3) is 0 Å². The molecule has 1 N–H and O–H groups in total. The maximum atomic E-state index is 12.0. The number of hydrogen-bond donors (Lipinski definition) is 1. The molecule has 0 fully saturated rings. The number of rotatable bonds is 6. The van der Waals surface area contributed by atoms with Crippen LogP contribution in [0.5, 0.6) is 0 Å². The molecule has 0 bridgehead atoms. The molecule has 2 aromatic rings. The van der Waals surface area contributed by atoms with Crippen molar-refractivity contribution in [3.05, 3.63) is 29.4 Å². The molecular formula is C11H16N4O4S3. The molecule has 122 valence electrons. The summed E-state index contributed by atoms with van der Waals surface area (Å²) in [5.41, 5.74) is 0. The van der Waals surface area contributed by atoms with Crippen LogP contribution in [0.3, 0.4) is 0 Å². The molecule has 0 atom stereocenters. The average Bonchev–Trinajstić information content (AvgIpc) is 3.05. The van der Waals surface area contributed by atoms with Crippen molar-refractivity contribution in [2.45, 2.75) is 15.6 Å². The first-order valence-electron chi connectivity index (χ1n) is 6.12. The highest BCUT2D eigenvalue weighted by Crippen LogP contribution is 2.24. The van der Waals surface area contributed by atoms with Gasteiger partial charge in [0.25, 0.3) is 10.0 Å². The topological polar surface area (TPSA) is 101 Å². The molecular weight excluding hydrogens is 348 g/mol. The molecule has 0 aromatic carbocycles. The summed E-state index contributed by atoms with van der Waals surface area (Å²) >= 11 is 1.03. The van der Waals surface area contributed by atoms with E-state index in [9.17, 15) is 16.8 Å². The van der Waals surface area contributed by atoms with Gasteiger partial charge < -0.3 is 0 Å². The first-order chi connectivity index (χ1) is 10.1. The molecule has 2 rings (SSSR count). The van der Waals surface area contributed by atoms with Gasteiger partial charge in [0.05, 0.1) is 6.20 Å². The molecule has 2 heterocycles. The van der Waals surface area contributed by atoms with Gasteiger partial charge in [-0.1, -0.05) is 0 Å². The van der Waals surface area contributed by atoms with E-state index in [1.165, 1.54) is 37.2 Å². The third-order valence-corrected chi connectivity index (χ3v) is 7.52. The van der Waals surface area contributed by atoms with Crippen molar-refractivity contribution < 1.29 is 16.8 Å². The zero-order valence-electron chi connectivity index (χ0n) is 12.2. The Morgan fingerprint density at radius 1 is 1.27 bits per heavy atom. The zero-order chi connectivity index (χ0) is 16.5. The van der Waals surface area contributed by atoms with E-state index in [2.05, 4.69) is 9.82 Å². The van der Waals surface area contributed by atoms with Crippen LogP contribution in [0.1, 0.15) is 4.88 Å². The lowest BCUT2D eigenvalue weighted by atomic mass is 10.5. The van der Waals surface area contributed by atoms with Crippen LogP contribution in [0.2, 0.25) is 0 Å².